The molecule has 1 aliphatic carbocycles. The Balaban J connectivity index is 1.69. The van der Waals surface area contributed by atoms with Crippen LogP contribution in [0, 0.1) is 0 Å². The molecule has 22 heavy (non-hydrogen) atoms. The zero-order valence-corrected chi connectivity index (χ0v) is 13.3. The summed E-state index contributed by atoms with van der Waals surface area (Å²) < 4.78 is 0. The minimum Gasteiger partial charge on any atom is -0.339 e. The fourth-order valence-electron chi connectivity index (χ4n) is 3.54. The number of benzene rings is 1. The smallest absolute Gasteiger partial charge is 0.253 e. The van der Waals surface area contributed by atoms with Crippen molar-refractivity contribution in [2.75, 3.05) is 18.5 Å². The monoisotopic (exact) mass is 300 g/mol. The lowest BCUT2D eigenvalue weighted by molar-refractivity contribution is -0.117. The number of hydrogen-bond donors (Lipinski definition) is 0. The normalized spacial score (nSPS) is 19.5. The van der Waals surface area contributed by atoms with Crippen molar-refractivity contribution in [3.05, 3.63) is 29.8 Å². The molecule has 4 nitrogen and oxygen atoms in total. The summed E-state index contributed by atoms with van der Waals surface area (Å²) in [5, 5.41) is 0. The summed E-state index contributed by atoms with van der Waals surface area (Å²) in [5.74, 6) is 0.268. The van der Waals surface area contributed by atoms with Crippen molar-refractivity contribution >= 4 is 17.5 Å². The van der Waals surface area contributed by atoms with E-state index in [9.17, 15) is 9.59 Å². The largest absolute Gasteiger partial charge is 0.339 e. The highest BCUT2D eigenvalue weighted by molar-refractivity contribution is 5.97. The van der Waals surface area contributed by atoms with Crippen molar-refractivity contribution in [1.29, 1.82) is 0 Å². The molecule has 0 radical (unpaired) electrons. The third-order valence-electron chi connectivity index (χ3n) is 4.94. The van der Waals surface area contributed by atoms with E-state index in [-0.39, 0.29) is 11.8 Å². The van der Waals surface area contributed by atoms with Crippen molar-refractivity contribution in [3.8, 4) is 0 Å². The fraction of sp³-hybridized carbons (Fsp3) is 0.556. The molecule has 0 aromatic heterocycles. The standard InChI is InChI=1S/C18H24N2O2/c1-19(15-6-3-2-4-7-15)18(22)14-9-11-16(12-10-14)20-13-5-8-17(20)21/h9-12,15H,2-8,13H2,1H3. The molecule has 0 N–H and O–H groups in total. The van der Waals surface area contributed by atoms with Gasteiger partial charge in [-0.05, 0) is 43.5 Å². The van der Waals surface area contributed by atoms with E-state index in [0.29, 0.717) is 18.0 Å². The van der Waals surface area contributed by atoms with Crippen molar-refractivity contribution in [1.82, 2.24) is 4.90 Å². The van der Waals surface area contributed by atoms with E-state index in [1.807, 2.05) is 36.2 Å². The topological polar surface area (TPSA) is 40.6 Å². The molecule has 1 saturated carbocycles. The minimum absolute atomic E-state index is 0.0891. The van der Waals surface area contributed by atoms with E-state index in [4.69, 9.17) is 0 Å². The minimum atomic E-state index is 0.0891. The lowest BCUT2D eigenvalue weighted by atomic mass is 9.94. The summed E-state index contributed by atoms with van der Waals surface area (Å²) in [4.78, 5) is 28.0. The average Bonchev–Trinajstić information content (AvgIpc) is 3.00. The van der Waals surface area contributed by atoms with Gasteiger partial charge in [0.1, 0.15) is 0 Å². The highest BCUT2D eigenvalue weighted by Crippen LogP contribution is 2.25. The molecule has 118 valence electrons. The molecule has 1 saturated heterocycles. The maximum absolute atomic E-state index is 12.6. The second-order valence-electron chi connectivity index (χ2n) is 6.40. The third-order valence-corrected chi connectivity index (χ3v) is 4.94. The van der Waals surface area contributed by atoms with Crippen LogP contribution < -0.4 is 4.90 Å². The molecule has 1 aromatic carbocycles. The van der Waals surface area contributed by atoms with Gasteiger partial charge in [-0.25, -0.2) is 0 Å². The highest BCUT2D eigenvalue weighted by atomic mass is 16.2. The highest BCUT2D eigenvalue weighted by Gasteiger charge is 2.24. The molecule has 2 fully saturated rings. The van der Waals surface area contributed by atoms with Gasteiger partial charge in [-0.15, -0.1) is 0 Å². The first-order valence-electron chi connectivity index (χ1n) is 8.34. The van der Waals surface area contributed by atoms with E-state index in [0.717, 1.165) is 31.5 Å². The lowest BCUT2D eigenvalue weighted by Gasteiger charge is -2.31. The Morgan fingerprint density at radius 1 is 1.09 bits per heavy atom. The Hall–Kier alpha value is -1.84. The van der Waals surface area contributed by atoms with Crippen molar-refractivity contribution in [3.63, 3.8) is 0 Å². The Kier molecular flexibility index (Phi) is 4.46. The van der Waals surface area contributed by atoms with Crippen LogP contribution in [-0.2, 0) is 4.79 Å². The second kappa shape index (κ2) is 6.51. The van der Waals surface area contributed by atoms with Crippen LogP contribution >= 0.6 is 0 Å². The SMILES string of the molecule is CN(C(=O)c1ccc(N2CCCC2=O)cc1)C1CCCCC1. The predicted molar refractivity (Wildman–Crippen MR) is 87.0 cm³/mol. The fourth-order valence-corrected chi connectivity index (χ4v) is 3.54. The molecule has 0 atom stereocenters. The van der Waals surface area contributed by atoms with Gasteiger partial charge in [0.15, 0.2) is 0 Å². The quantitative estimate of drug-likeness (QED) is 0.860. The van der Waals surface area contributed by atoms with Crippen molar-refractivity contribution in [2.24, 2.45) is 0 Å². The van der Waals surface area contributed by atoms with E-state index in [1.165, 1.54) is 19.3 Å². The van der Waals surface area contributed by atoms with Gasteiger partial charge >= 0.3 is 0 Å². The van der Waals surface area contributed by atoms with Gasteiger partial charge in [-0.1, -0.05) is 19.3 Å². The number of hydrogen-bond acceptors (Lipinski definition) is 2. The van der Waals surface area contributed by atoms with Gasteiger partial charge in [0.25, 0.3) is 5.91 Å². The van der Waals surface area contributed by atoms with E-state index < -0.39 is 0 Å². The van der Waals surface area contributed by atoms with Crippen LogP contribution in [0.3, 0.4) is 0 Å². The first-order chi connectivity index (χ1) is 10.7. The predicted octanol–water partition coefficient (Wildman–Crippen LogP) is 3.22. The average molecular weight is 300 g/mol. The summed E-state index contributed by atoms with van der Waals surface area (Å²) in [6.45, 7) is 0.786. The molecule has 3 rings (SSSR count). The van der Waals surface area contributed by atoms with Crippen LogP contribution in [0.25, 0.3) is 0 Å². The lowest BCUT2D eigenvalue weighted by Crippen LogP contribution is -2.38. The molecular weight excluding hydrogens is 276 g/mol. The zero-order chi connectivity index (χ0) is 15.5. The number of nitrogens with zero attached hydrogens (tertiary/aromatic N) is 2. The van der Waals surface area contributed by atoms with Crippen LogP contribution in [0.1, 0.15) is 55.3 Å². The van der Waals surface area contributed by atoms with Gasteiger partial charge < -0.3 is 9.80 Å². The van der Waals surface area contributed by atoms with Crippen molar-refractivity contribution in [2.45, 2.75) is 51.0 Å². The van der Waals surface area contributed by atoms with Crippen LogP contribution in [-0.4, -0.2) is 36.3 Å². The molecule has 1 aliphatic heterocycles. The first-order valence-corrected chi connectivity index (χ1v) is 8.34. The molecule has 0 unspecified atom stereocenters. The summed E-state index contributed by atoms with van der Waals surface area (Å²) in [6.07, 6.45) is 7.51. The summed E-state index contributed by atoms with van der Waals surface area (Å²) in [7, 11) is 1.91. The van der Waals surface area contributed by atoms with E-state index in [1.54, 1.807) is 4.90 Å². The number of rotatable bonds is 3. The number of carbonyl (C=O) groups is 2. The van der Waals surface area contributed by atoms with Gasteiger partial charge in [-0.2, -0.15) is 0 Å². The maximum Gasteiger partial charge on any atom is 0.253 e. The summed E-state index contributed by atoms with van der Waals surface area (Å²) >= 11 is 0. The Labute approximate surface area is 132 Å². The Morgan fingerprint density at radius 2 is 1.77 bits per heavy atom. The molecular formula is C18H24N2O2. The van der Waals surface area contributed by atoms with Gasteiger partial charge in [0.05, 0.1) is 0 Å². The van der Waals surface area contributed by atoms with Crippen LogP contribution in [0.2, 0.25) is 0 Å². The molecule has 2 amide bonds. The third kappa shape index (κ3) is 3.01. The molecule has 2 aliphatic rings. The summed E-state index contributed by atoms with van der Waals surface area (Å²) in [6, 6.07) is 7.86. The van der Waals surface area contributed by atoms with Gasteiger partial charge in [0, 0.05) is 37.3 Å². The molecule has 0 bridgehead atoms. The number of amides is 2. The van der Waals surface area contributed by atoms with Crippen LogP contribution in [0.5, 0.6) is 0 Å². The second-order valence-corrected chi connectivity index (χ2v) is 6.40. The van der Waals surface area contributed by atoms with Crippen molar-refractivity contribution < 1.29 is 9.59 Å². The Bertz CT molecular complexity index is 547. The number of anilines is 1. The van der Waals surface area contributed by atoms with Crippen LogP contribution in [0.15, 0.2) is 24.3 Å². The van der Waals surface area contributed by atoms with Gasteiger partial charge in [0.2, 0.25) is 5.91 Å². The number of carbonyl (C=O) groups excluding carboxylic acids is 2. The molecule has 4 heteroatoms. The molecule has 0 spiro atoms. The van der Waals surface area contributed by atoms with Gasteiger partial charge in [-0.3, -0.25) is 9.59 Å². The van der Waals surface area contributed by atoms with E-state index in [2.05, 4.69) is 0 Å². The summed E-state index contributed by atoms with van der Waals surface area (Å²) in [5.41, 5.74) is 1.61. The van der Waals surface area contributed by atoms with E-state index >= 15 is 0 Å². The maximum atomic E-state index is 12.6. The Morgan fingerprint density at radius 3 is 2.36 bits per heavy atom. The first kappa shape index (κ1) is 15.1. The molecule has 1 heterocycles. The molecule has 1 aromatic rings. The zero-order valence-electron chi connectivity index (χ0n) is 13.3. The van der Waals surface area contributed by atoms with Crippen LogP contribution in [0.4, 0.5) is 5.69 Å².